The van der Waals surface area contributed by atoms with E-state index < -0.39 is 12.1 Å². The van der Waals surface area contributed by atoms with Gasteiger partial charge in [-0.05, 0) is 23.4 Å². The lowest BCUT2D eigenvalue weighted by molar-refractivity contribution is -0.117. The maximum Gasteiger partial charge on any atom is 0.269 e. The molecule has 0 fully saturated rings. The lowest BCUT2D eigenvalue weighted by atomic mass is 10.0. The summed E-state index contributed by atoms with van der Waals surface area (Å²) in [5.41, 5.74) is 2.10. The van der Waals surface area contributed by atoms with Gasteiger partial charge in [0.05, 0.1) is 11.3 Å². The Bertz CT molecular complexity index is 1110. The number of aromatic nitrogens is 4. The van der Waals surface area contributed by atoms with E-state index in [4.69, 9.17) is 0 Å². The highest BCUT2D eigenvalue weighted by molar-refractivity contribution is 6.17. The highest BCUT2D eigenvalue weighted by Gasteiger charge is 2.48. The van der Waals surface area contributed by atoms with E-state index in [1.807, 2.05) is 0 Å². The molecule has 3 heterocycles. The van der Waals surface area contributed by atoms with Gasteiger partial charge in [-0.3, -0.25) is 24.6 Å². The molecule has 5 rings (SSSR count). The van der Waals surface area contributed by atoms with Gasteiger partial charge in [0, 0.05) is 11.1 Å². The van der Waals surface area contributed by atoms with Crippen LogP contribution in [0.15, 0.2) is 48.5 Å². The van der Waals surface area contributed by atoms with Crippen molar-refractivity contribution < 1.29 is 14.4 Å². The summed E-state index contributed by atoms with van der Waals surface area (Å²) in [5, 5.41) is 15.4. The minimum Gasteiger partial charge on any atom is -0.304 e. The third kappa shape index (κ3) is 2.28. The summed E-state index contributed by atoms with van der Waals surface area (Å²) in [6, 6.07) is 14.0. The minimum atomic E-state index is -0.692. The molecule has 3 aromatic rings. The molecule has 1 aromatic heterocycles. The molecular weight excluding hydrogens is 362 g/mol. The largest absolute Gasteiger partial charge is 0.304 e. The molecule has 0 saturated heterocycles. The molecule has 10 heteroatoms. The Morgan fingerprint density at radius 1 is 1.04 bits per heavy atom. The number of H-pyrrole nitrogens is 1. The van der Waals surface area contributed by atoms with E-state index in [2.05, 4.69) is 25.9 Å². The molecule has 2 aliphatic heterocycles. The molecule has 10 nitrogen and oxygen atoms in total. The lowest BCUT2D eigenvalue weighted by Crippen LogP contribution is -2.50. The number of hydrogen-bond acceptors (Lipinski definition) is 6. The van der Waals surface area contributed by atoms with Gasteiger partial charge in [0.2, 0.25) is 5.91 Å². The van der Waals surface area contributed by atoms with Gasteiger partial charge in [0.1, 0.15) is 12.7 Å². The Hall–Kier alpha value is -4.08. The van der Waals surface area contributed by atoms with E-state index in [9.17, 15) is 14.4 Å². The van der Waals surface area contributed by atoms with Crippen molar-refractivity contribution in [3.8, 4) is 0 Å². The lowest BCUT2D eigenvalue weighted by Gasteiger charge is -2.40. The van der Waals surface area contributed by atoms with Gasteiger partial charge in [-0.25, -0.2) is 0 Å². The van der Waals surface area contributed by atoms with Gasteiger partial charge in [0.15, 0.2) is 0 Å². The van der Waals surface area contributed by atoms with Crippen LogP contribution in [0, 0.1) is 0 Å². The summed E-state index contributed by atoms with van der Waals surface area (Å²) in [6.45, 7) is -0.273. The van der Waals surface area contributed by atoms with Crippen LogP contribution < -0.4 is 10.2 Å². The maximum absolute atomic E-state index is 13.2. The number of benzene rings is 2. The molecule has 0 bridgehead atoms. The third-order valence-electron chi connectivity index (χ3n) is 4.79. The zero-order valence-corrected chi connectivity index (χ0v) is 14.4. The van der Waals surface area contributed by atoms with Crippen LogP contribution >= 0.6 is 0 Å². The van der Waals surface area contributed by atoms with Crippen LogP contribution in [0.4, 0.5) is 11.6 Å². The highest BCUT2D eigenvalue weighted by Crippen LogP contribution is 2.44. The van der Waals surface area contributed by atoms with Gasteiger partial charge < -0.3 is 4.90 Å². The van der Waals surface area contributed by atoms with Crippen LogP contribution in [0.3, 0.4) is 0 Å². The Morgan fingerprint density at radius 3 is 2.57 bits per heavy atom. The van der Waals surface area contributed by atoms with Gasteiger partial charge in [-0.1, -0.05) is 35.4 Å². The Balaban J connectivity index is 1.57. The number of tetrazole rings is 1. The van der Waals surface area contributed by atoms with Crippen LogP contribution in [0.5, 0.6) is 0 Å². The fraction of sp³-hybridized carbons (Fsp3) is 0.111. The SMILES string of the molecule is O=C(CN1C(=O)c2ccccc2N2C(=O)c3ccccc3[C@@H]12)Nc1nn[nH]n1. The number of nitrogens with zero attached hydrogens (tertiary/aromatic N) is 5. The summed E-state index contributed by atoms with van der Waals surface area (Å²) < 4.78 is 0. The standard InChI is InChI=1S/C18H13N7O3/c26-14(19-18-20-22-23-21-18)9-24-15-10-5-1-2-6-11(10)17(28)25(15)13-8-4-3-7-12(13)16(24)27/h1-8,15H,9H2,(H2,19,20,21,22,23,26)/t15-/m0/s1. The molecule has 0 saturated carbocycles. The second-order valence-electron chi connectivity index (χ2n) is 6.37. The van der Waals surface area contributed by atoms with Crippen LogP contribution in [0.2, 0.25) is 0 Å². The first-order valence-corrected chi connectivity index (χ1v) is 8.51. The van der Waals surface area contributed by atoms with Crippen molar-refractivity contribution in [2.45, 2.75) is 6.17 Å². The first kappa shape index (κ1) is 16.1. The van der Waals surface area contributed by atoms with Gasteiger partial charge in [0.25, 0.3) is 17.8 Å². The Kier molecular flexibility index (Phi) is 3.44. The quantitative estimate of drug-likeness (QED) is 0.702. The number of aromatic amines is 1. The van der Waals surface area contributed by atoms with E-state index in [0.717, 1.165) is 0 Å². The van der Waals surface area contributed by atoms with Crippen LogP contribution in [-0.2, 0) is 4.79 Å². The minimum absolute atomic E-state index is 0.00890. The van der Waals surface area contributed by atoms with E-state index in [-0.39, 0.29) is 24.3 Å². The number of carbonyl (C=O) groups is 3. The van der Waals surface area contributed by atoms with E-state index >= 15 is 0 Å². The van der Waals surface area contributed by atoms with E-state index in [1.165, 1.54) is 4.90 Å². The zero-order valence-electron chi connectivity index (χ0n) is 14.4. The molecule has 3 amide bonds. The molecule has 2 aromatic carbocycles. The van der Waals surface area contributed by atoms with Crippen LogP contribution in [0.1, 0.15) is 32.4 Å². The van der Waals surface area contributed by atoms with Crippen molar-refractivity contribution in [3.05, 3.63) is 65.2 Å². The normalized spacial score (nSPS) is 17.2. The summed E-state index contributed by atoms with van der Waals surface area (Å²) in [5.74, 6) is -1.02. The van der Waals surface area contributed by atoms with Crippen molar-refractivity contribution in [3.63, 3.8) is 0 Å². The Morgan fingerprint density at radius 2 is 1.79 bits per heavy atom. The highest BCUT2D eigenvalue weighted by atomic mass is 16.2. The van der Waals surface area contributed by atoms with E-state index in [0.29, 0.717) is 22.4 Å². The molecule has 2 aliphatic rings. The van der Waals surface area contributed by atoms with Crippen molar-refractivity contribution >= 4 is 29.4 Å². The molecule has 138 valence electrons. The summed E-state index contributed by atoms with van der Waals surface area (Å²) in [6.07, 6.45) is -0.692. The van der Waals surface area contributed by atoms with Crippen LogP contribution in [-0.4, -0.2) is 49.8 Å². The first-order chi connectivity index (χ1) is 13.6. The molecule has 1 atom stereocenters. The molecular formula is C18H13N7O3. The second kappa shape index (κ2) is 5.98. The monoisotopic (exact) mass is 375 g/mol. The third-order valence-corrected chi connectivity index (χ3v) is 4.79. The summed E-state index contributed by atoms with van der Waals surface area (Å²) in [7, 11) is 0. The van der Waals surface area contributed by atoms with Crippen molar-refractivity contribution in [2.75, 3.05) is 16.8 Å². The fourth-order valence-electron chi connectivity index (χ4n) is 3.67. The summed E-state index contributed by atoms with van der Waals surface area (Å²) in [4.78, 5) is 41.6. The number of anilines is 2. The van der Waals surface area contributed by atoms with Gasteiger partial charge in [-0.2, -0.15) is 5.21 Å². The predicted octanol–water partition coefficient (Wildman–Crippen LogP) is 0.953. The second-order valence-corrected chi connectivity index (χ2v) is 6.37. The fourth-order valence-corrected chi connectivity index (χ4v) is 3.67. The average Bonchev–Trinajstić information content (AvgIpc) is 3.32. The molecule has 0 radical (unpaired) electrons. The Labute approximate surface area is 158 Å². The predicted molar refractivity (Wildman–Crippen MR) is 96.3 cm³/mol. The molecule has 0 unspecified atom stereocenters. The maximum atomic E-state index is 13.2. The van der Waals surface area contributed by atoms with Gasteiger partial charge in [-0.15, -0.1) is 5.10 Å². The van der Waals surface area contributed by atoms with Crippen molar-refractivity contribution in [1.82, 2.24) is 25.5 Å². The van der Waals surface area contributed by atoms with Crippen molar-refractivity contribution in [2.24, 2.45) is 0 Å². The van der Waals surface area contributed by atoms with Crippen LogP contribution in [0.25, 0.3) is 0 Å². The average molecular weight is 375 g/mol. The number of para-hydroxylation sites is 1. The topological polar surface area (TPSA) is 124 Å². The molecule has 28 heavy (non-hydrogen) atoms. The number of nitrogens with one attached hydrogen (secondary N) is 2. The van der Waals surface area contributed by atoms with Crippen molar-refractivity contribution in [1.29, 1.82) is 0 Å². The number of carbonyl (C=O) groups excluding carboxylic acids is 3. The molecule has 2 N–H and O–H groups in total. The van der Waals surface area contributed by atoms with E-state index in [1.54, 1.807) is 53.4 Å². The first-order valence-electron chi connectivity index (χ1n) is 8.51. The zero-order chi connectivity index (χ0) is 19.3. The number of amides is 3. The number of rotatable bonds is 3. The smallest absolute Gasteiger partial charge is 0.269 e. The number of hydrogen-bond donors (Lipinski definition) is 2. The molecule has 0 aliphatic carbocycles. The molecule has 0 spiro atoms. The summed E-state index contributed by atoms with van der Waals surface area (Å²) >= 11 is 0. The van der Waals surface area contributed by atoms with Gasteiger partial charge >= 0.3 is 0 Å². The number of fused-ring (bicyclic) bond motifs is 5.